The highest BCUT2D eigenvalue weighted by Crippen LogP contribution is 2.36. The number of halogens is 4. The first-order valence-electron chi connectivity index (χ1n) is 17.5. The number of rotatable bonds is 12. The Morgan fingerprint density at radius 2 is 1.70 bits per heavy atom. The molecule has 1 aliphatic heterocycles. The lowest BCUT2D eigenvalue weighted by atomic mass is 9.97. The van der Waals surface area contributed by atoms with Crippen LogP contribution in [0, 0.1) is 20.8 Å². The molecule has 0 unspecified atom stereocenters. The number of carbonyl (C=O) groups is 1. The van der Waals surface area contributed by atoms with Crippen LogP contribution >= 0.6 is 11.6 Å². The molecular formula is C39H46ClF3N6O4. The summed E-state index contributed by atoms with van der Waals surface area (Å²) in [4.78, 5) is 28.3. The number of carbonyl (C=O) groups excluding carboxylic acids is 1. The fourth-order valence-electron chi connectivity index (χ4n) is 6.07. The van der Waals surface area contributed by atoms with Crippen molar-refractivity contribution in [2.45, 2.75) is 53.3 Å². The second-order valence-corrected chi connectivity index (χ2v) is 13.8. The number of hydrogen-bond donors (Lipinski definition) is 1. The number of piperazine rings is 1. The first-order chi connectivity index (χ1) is 25.1. The van der Waals surface area contributed by atoms with Crippen molar-refractivity contribution in [1.29, 1.82) is 0 Å². The Morgan fingerprint density at radius 1 is 0.962 bits per heavy atom. The quantitative estimate of drug-likeness (QED) is 0.142. The van der Waals surface area contributed by atoms with Crippen molar-refractivity contribution in [3.05, 3.63) is 81.9 Å². The number of alkyl halides is 3. The van der Waals surface area contributed by atoms with Gasteiger partial charge in [-0.25, -0.2) is 9.78 Å². The van der Waals surface area contributed by atoms with Gasteiger partial charge in [-0.05, 0) is 88.1 Å². The molecule has 4 aromatic rings. The minimum Gasteiger partial charge on any atom is -0.493 e. The van der Waals surface area contributed by atoms with Gasteiger partial charge in [-0.15, -0.1) is 0 Å². The predicted molar refractivity (Wildman–Crippen MR) is 202 cm³/mol. The van der Waals surface area contributed by atoms with Crippen molar-refractivity contribution < 1.29 is 32.2 Å². The number of anilines is 3. The zero-order chi connectivity index (χ0) is 38.4. The van der Waals surface area contributed by atoms with Gasteiger partial charge in [0.1, 0.15) is 0 Å². The summed E-state index contributed by atoms with van der Waals surface area (Å²) in [6.45, 7) is 16.2. The third-order valence-electron chi connectivity index (χ3n) is 9.57. The second-order valence-electron chi connectivity index (χ2n) is 13.3. The summed E-state index contributed by atoms with van der Waals surface area (Å²) in [5.74, 6) is 1.07. The number of aromatic nitrogens is 2. The minimum absolute atomic E-state index is 0.0598. The molecule has 14 heteroatoms. The molecule has 3 aromatic carbocycles. The van der Waals surface area contributed by atoms with E-state index in [1.165, 1.54) is 13.1 Å². The van der Waals surface area contributed by atoms with E-state index < -0.39 is 17.8 Å². The lowest BCUT2D eigenvalue weighted by Crippen LogP contribution is -2.49. The maximum Gasteiger partial charge on any atom is 0.420 e. The zero-order valence-corrected chi connectivity index (χ0v) is 31.9. The Hall–Kier alpha value is -4.59. The predicted octanol–water partition coefficient (Wildman–Crippen LogP) is 8.92. The minimum atomic E-state index is -4.63. The van der Waals surface area contributed by atoms with E-state index in [0.717, 1.165) is 84.5 Å². The lowest BCUT2D eigenvalue weighted by molar-refractivity contribution is -0.137. The highest BCUT2D eigenvalue weighted by molar-refractivity contribution is 6.33. The van der Waals surface area contributed by atoms with E-state index >= 15 is 0 Å². The van der Waals surface area contributed by atoms with Crippen LogP contribution in [0.1, 0.15) is 42.5 Å². The summed E-state index contributed by atoms with van der Waals surface area (Å²) in [5.41, 5.74) is 3.84. The number of nitrogens with one attached hydrogen (secondary N) is 1. The maximum absolute atomic E-state index is 13.4. The molecule has 0 aliphatic carbocycles. The first-order valence-corrected chi connectivity index (χ1v) is 17.8. The molecule has 2 heterocycles. The standard InChI is InChI=1S/C39H46ClF3N6O4/c1-24(2)49-18-16-48(17-19-49)15-8-20-52-34-14-11-29(22-35(34)51-7)44-37-45-32(30-12-9-25(3)26(4)27(30)5)23-36(46-37)53-38(50)47(6)33-21-28(39(41,42)43)10-13-31(33)40/h9-14,21-24H,8,15-20H2,1-7H3,(H,44,45,46). The number of methoxy groups -OCH3 is 1. The normalized spacial score (nSPS) is 14.0. The molecule has 5 rings (SSSR count). The number of hydrogen-bond acceptors (Lipinski definition) is 9. The SMILES string of the molecule is COc1cc(Nc2nc(OC(=O)N(C)c3cc(C(F)(F)F)ccc3Cl)cc(-c3ccc(C)c(C)c3C)n2)ccc1OCCCN1CCN(C(C)C)CC1. The highest BCUT2D eigenvalue weighted by atomic mass is 35.5. The smallest absolute Gasteiger partial charge is 0.420 e. The molecule has 1 fully saturated rings. The van der Waals surface area contributed by atoms with Crippen LogP contribution in [-0.4, -0.2) is 85.4 Å². The topological polar surface area (TPSA) is 92.3 Å². The molecular weight excluding hydrogens is 709 g/mol. The van der Waals surface area contributed by atoms with Gasteiger partial charge in [-0.2, -0.15) is 18.2 Å². The Balaban J connectivity index is 1.34. The van der Waals surface area contributed by atoms with E-state index in [9.17, 15) is 18.0 Å². The first kappa shape index (κ1) is 39.6. The van der Waals surface area contributed by atoms with E-state index in [1.54, 1.807) is 25.3 Å². The van der Waals surface area contributed by atoms with Gasteiger partial charge in [0.25, 0.3) is 0 Å². The molecule has 1 aromatic heterocycles. The third-order valence-corrected chi connectivity index (χ3v) is 9.89. The largest absolute Gasteiger partial charge is 0.493 e. The summed E-state index contributed by atoms with van der Waals surface area (Å²) < 4.78 is 57.7. The van der Waals surface area contributed by atoms with Gasteiger partial charge in [0.05, 0.1) is 35.7 Å². The molecule has 1 N–H and O–H groups in total. The molecule has 1 aliphatic rings. The highest BCUT2D eigenvalue weighted by Gasteiger charge is 2.32. The summed E-state index contributed by atoms with van der Waals surface area (Å²) in [5, 5.41) is 3.11. The van der Waals surface area contributed by atoms with Crippen molar-refractivity contribution in [2.75, 3.05) is 63.7 Å². The molecule has 53 heavy (non-hydrogen) atoms. The number of amides is 1. The number of benzene rings is 3. The number of aryl methyl sites for hydroxylation is 1. The Kier molecular flexibility index (Phi) is 12.7. The van der Waals surface area contributed by atoms with Gasteiger partial charge < -0.3 is 24.4 Å². The average Bonchev–Trinajstić information content (AvgIpc) is 3.12. The number of ether oxygens (including phenoxy) is 3. The van der Waals surface area contributed by atoms with Crippen LogP contribution < -0.4 is 24.4 Å². The third kappa shape index (κ3) is 9.89. The summed E-state index contributed by atoms with van der Waals surface area (Å²) in [7, 11) is 2.83. The molecule has 1 saturated heterocycles. The van der Waals surface area contributed by atoms with Gasteiger partial charge in [-0.1, -0.05) is 23.7 Å². The van der Waals surface area contributed by atoms with Gasteiger partial charge >= 0.3 is 12.3 Å². The van der Waals surface area contributed by atoms with Crippen molar-refractivity contribution in [2.24, 2.45) is 0 Å². The lowest BCUT2D eigenvalue weighted by Gasteiger charge is -2.36. The molecule has 10 nitrogen and oxygen atoms in total. The monoisotopic (exact) mass is 754 g/mol. The molecule has 0 atom stereocenters. The number of nitrogens with zero attached hydrogens (tertiary/aromatic N) is 5. The van der Waals surface area contributed by atoms with Crippen molar-refractivity contribution >= 4 is 35.0 Å². The van der Waals surface area contributed by atoms with Crippen molar-refractivity contribution in [3.8, 4) is 28.6 Å². The van der Waals surface area contributed by atoms with Gasteiger partial charge in [0, 0.05) is 69.2 Å². The second kappa shape index (κ2) is 17.0. The summed E-state index contributed by atoms with van der Waals surface area (Å²) in [6.07, 6.45) is -4.76. The van der Waals surface area contributed by atoms with Gasteiger partial charge in [-0.3, -0.25) is 9.80 Å². The Morgan fingerprint density at radius 3 is 2.38 bits per heavy atom. The van der Waals surface area contributed by atoms with Crippen molar-refractivity contribution in [3.63, 3.8) is 0 Å². The Labute approximate surface area is 313 Å². The van der Waals surface area contributed by atoms with E-state index in [0.29, 0.717) is 35.5 Å². The van der Waals surface area contributed by atoms with Crippen LogP contribution in [-0.2, 0) is 6.18 Å². The van der Waals surface area contributed by atoms with Crippen LogP contribution in [0.25, 0.3) is 11.3 Å². The molecule has 1 amide bonds. The van der Waals surface area contributed by atoms with E-state index in [2.05, 4.69) is 33.9 Å². The molecule has 284 valence electrons. The molecule has 0 bridgehead atoms. The fraction of sp³-hybridized carbons (Fsp3) is 0.410. The van der Waals surface area contributed by atoms with E-state index in [-0.39, 0.29) is 22.5 Å². The van der Waals surface area contributed by atoms with Crippen molar-refractivity contribution in [1.82, 2.24) is 19.8 Å². The van der Waals surface area contributed by atoms with Crippen LogP contribution in [0.5, 0.6) is 17.4 Å². The molecule has 0 spiro atoms. The fourth-order valence-corrected chi connectivity index (χ4v) is 6.32. The molecule has 0 saturated carbocycles. The van der Waals surface area contributed by atoms with E-state index in [4.69, 9.17) is 30.8 Å². The average molecular weight is 755 g/mol. The van der Waals surface area contributed by atoms with E-state index in [1.807, 2.05) is 32.9 Å². The summed E-state index contributed by atoms with van der Waals surface area (Å²) in [6, 6.07) is 14.0. The Bertz CT molecular complexity index is 1920. The maximum atomic E-state index is 13.4. The van der Waals surface area contributed by atoms with Gasteiger partial charge in [0.2, 0.25) is 11.8 Å². The van der Waals surface area contributed by atoms with Crippen LogP contribution in [0.3, 0.4) is 0 Å². The molecule has 0 radical (unpaired) electrons. The zero-order valence-electron chi connectivity index (χ0n) is 31.1. The van der Waals surface area contributed by atoms with Crippen LogP contribution in [0.4, 0.5) is 35.3 Å². The van der Waals surface area contributed by atoms with Gasteiger partial charge in [0.15, 0.2) is 11.5 Å². The van der Waals surface area contributed by atoms with Crippen LogP contribution in [0.15, 0.2) is 54.6 Å². The summed E-state index contributed by atoms with van der Waals surface area (Å²) >= 11 is 6.20. The van der Waals surface area contributed by atoms with Crippen LogP contribution in [0.2, 0.25) is 5.02 Å².